The van der Waals surface area contributed by atoms with Crippen LogP contribution in [-0.2, 0) is 11.2 Å². The van der Waals surface area contributed by atoms with Gasteiger partial charge in [0, 0.05) is 18.2 Å². The van der Waals surface area contributed by atoms with E-state index in [0.717, 1.165) is 33.9 Å². The summed E-state index contributed by atoms with van der Waals surface area (Å²) >= 11 is 0. The van der Waals surface area contributed by atoms with E-state index in [-0.39, 0.29) is 6.42 Å². The van der Waals surface area contributed by atoms with Gasteiger partial charge < -0.3 is 14.2 Å². The van der Waals surface area contributed by atoms with Crippen LogP contribution in [0, 0.1) is 6.92 Å². The number of benzene rings is 1. The molecule has 0 aliphatic carbocycles. The largest absolute Gasteiger partial charge is 0.497 e. The summed E-state index contributed by atoms with van der Waals surface area (Å²) in [6.07, 6.45) is 2.42. The Bertz CT molecular complexity index is 868. The number of carbonyl (C=O) groups is 1. The van der Waals surface area contributed by atoms with E-state index in [1.807, 2.05) is 53.9 Å². The van der Waals surface area contributed by atoms with Crippen molar-refractivity contribution in [2.24, 2.45) is 0 Å². The van der Waals surface area contributed by atoms with Crippen LogP contribution in [0.15, 0.2) is 42.6 Å². The van der Waals surface area contributed by atoms with Gasteiger partial charge in [-0.2, -0.15) is 0 Å². The zero-order chi connectivity index (χ0) is 16.4. The monoisotopic (exact) mass is 310 g/mol. The quantitative estimate of drug-likeness (QED) is 0.785. The lowest BCUT2D eigenvalue weighted by Gasteiger charge is -2.06. The van der Waals surface area contributed by atoms with Crippen LogP contribution in [-0.4, -0.2) is 27.6 Å². The summed E-state index contributed by atoms with van der Waals surface area (Å²) in [5, 5.41) is 9.03. The van der Waals surface area contributed by atoms with E-state index in [9.17, 15) is 4.79 Å². The van der Waals surface area contributed by atoms with Crippen molar-refractivity contribution in [1.29, 1.82) is 0 Å². The van der Waals surface area contributed by atoms with Gasteiger partial charge in [0.2, 0.25) is 0 Å². The van der Waals surface area contributed by atoms with Crippen molar-refractivity contribution in [2.75, 3.05) is 7.11 Å². The third-order valence-electron chi connectivity index (χ3n) is 3.86. The normalized spacial score (nSPS) is 10.9. The van der Waals surface area contributed by atoms with E-state index >= 15 is 0 Å². The smallest absolute Gasteiger partial charge is 0.303 e. The predicted molar refractivity (Wildman–Crippen MR) is 87.9 cm³/mol. The summed E-state index contributed by atoms with van der Waals surface area (Å²) < 4.78 is 7.26. The Morgan fingerprint density at radius 3 is 2.87 bits per heavy atom. The minimum absolute atomic E-state index is 0.0682. The molecule has 2 heterocycles. The van der Waals surface area contributed by atoms with Gasteiger partial charge >= 0.3 is 5.97 Å². The lowest BCUT2D eigenvalue weighted by atomic mass is 10.1. The molecule has 0 radical (unpaired) electrons. The van der Waals surface area contributed by atoms with Crippen LogP contribution in [0.5, 0.6) is 5.75 Å². The van der Waals surface area contributed by atoms with Gasteiger partial charge in [0.05, 0.1) is 24.9 Å². The number of ether oxygens (including phenoxy) is 1. The number of hydrogen-bond donors (Lipinski definition) is 1. The van der Waals surface area contributed by atoms with Gasteiger partial charge in [0.15, 0.2) is 0 Å². The minimum atomic E-state index is -0.816. The van der Waals surface area contributed by atoms with Crippen LogP contribution < -0.4 is 4.74 Å². The van der Waals surface area contributed by atoms with Crippen molar-refractivity contribution >= 4 is 11.6 Å². The van der Waals surface area contributed by atoms with Gasteiger partial charge in [0.1, 0.15) is 11.4 Å². The van der Waals surface area contributed by atoms with E-state index < -0.39 is 5.97 Å². The highest BCUT2D eigenvalue weighted by Gasteiger charge is 2.16. The molecule has 0 saturated heterocycles. The maximum atomic E-state index is 11.0. The Morgan fingerprint density at radius 2 is 2.13 bits per heavy atom. The van der Waals surface area contributed by atoms with Gasteiger partial charge in [-0.25, -0.2) is 4.98 Å². The predicted octanol–water partition coefficient (Wildman–Crippen LogP) is 3.34. The number of aryl methyl sites for hydroxylation is 2. The van der Waals surface area contributed by atoms with Gasteiger partial charge in [-0.05, 0) is 30.7 Å². The number of fused-ring (bicyclic) bond motifs is 1. The molecule has 3 aromatic rings. The number of nitrogens with zero attached hydrogens (tertiary/aromatic N) is 2. The highest BCUT2D eigenvalue weighted by molar-refractivity contribution is 5.71. The second-order valence-electron chi connectivity index (χ2n) is 5.42. The zero-order valence-corrected chi connectivity index (χ0v) is 13.1. The first-order chi connectivity index (χ1) is 11.1. The molecule has 3 rings (SSSR count). The van der Waals surface area contributed by atoms with Crippen LogP contribution >= 0.6 is 0 Å². The average Bonchev–Trinajstić information content (AvgIpc) is 2.93. The van der Waals surface area contributed by atoms with Gasteiger partial charge in [0.25, 0.3) is 0 Å². The number of carboxylic acid groups (broad SMARTS) is 1. The standard InChI is InChI=1S/C18H18N2O3/c1-12-5-4-10-20-15(8-9-16(21)22)17(19-18(12)20)13-6-3-7-14(11-13)23-2/h3-7,10-11H,8-9H2,1-2H3,(H,21,22). The molecule has 0 atom stereocenters. The van der Waals surface area contributed by atoms with Crippen LogP contribution in [0.3, 0.4) is 0 Å². The fourth-order valence-corrected chi connectivity index (χ4v) is 2.72. The molecule has 1 aromatic carbocycles. The van der Waals surface area contributed by atoms with Gasteiger partial charge in [-0.1, -0.05) is 18.2 Å². The van der Waals surface area contributed by atoms with Crippen molar-refractivity contribution in [3.8, 4) is 17.0 Å². The number of pyridine rings is 1. The van der Waals surface area contributed by atoms with Crippen LogP contribution in [0.2, 0.25) is 0 Å². The van der Waals surface area contributed by atoms with Crippen LogP contribution in [0.1, 0.15) is 17.7 Å². The third-order valence-corrected chi connectivity index (χ3v) is 3.86. The first-order valence-corrected chi connectivity index (χ1v) is 7.43. The Labute approximate surface area is 134 Å². The van der Waals surface area contributed by atoms with Gasteiger partial charge in [-0.3, -0.25) is 4.79 Å². The zero-order valence-electron chi connectivity index (χ0n) is 13.1. The molecule has 0 aliphatic rings. The molecule has 0 amide bonds. The molecule has 0 spiro atoms. The minimum Gasteiger partial charge on any atom is -0.497 e. The molecule has 2 aromatic heterocycles. The summed E-state index contributed by atoms with van der Waals surface area (Å²) in [7, 11) is 1.62. The molecule has 0 unspecified atom stereocenters. The molecule has 5 heteroatoms. The maximum absolute atomic E-state index is 11.0. The van der Waals surface area contributed by atoms with E-state index in [1.54, 1.807) is 7.11 Å². The van der Waals surface area contributed by atoms with Crippen LogP contribution in [0.25, 0.3) is 16.9 Å². The molecule has 0 saturated carbocycles. The molecule has 0 bridgehead atoms. The molecular formula is C18H18N2O3. The summed E-state index contributed by atoms with van der Waals surface area (Å²) in [6, 6.07) is 11.6. The Morgan fingerprint density at radius 1 is 1.30 bits per heavy atom. The number of aliphatic carboxylic acids is 1. The molecule has 0 fully saturated rings. The highest BCUT2D eigenvalue weighted by Crippen LogP contribution is 2.29. The Kier molecular flexibility index (Phi) is 4.02. The molecule has 1 N–H and O–H groups in total. The first-order valence-electron chi connectivity index (χ1n) is 7.43. The van der Waals surface area contributed by atoms with Crippen molar-refractivity contribution < 1.29 is 14.6 Å². The Hall–Kier alpha value is -2.82. The summed E-state index contributed by atoms with van der Waals surface area (Å²) in [6.45, 7) is 2.00. The number of carboxylic acids is 1. The lowest BCUT2D eigenvalue weighted by molar-refractivity contribution is -0.136. The third kappa shape index (κ3) is 2.90. The van der Waals surface area contributed by atoms with Gasteiger partial charge in [-0.15, -0.1) is 0 Å². The highest BCUT2D eigenvalue weighted by atomic mass is 16.5. The first kappa shape index (κ1) is 15.1. The average molecular weight is 310 g/mol. The Balaban J connectivity index is 2.19. The van der Waals surface area contributed by atoms with E-state index in [1.165, 1.54) is 0 Å². The van der Waals surface area contributed by atoms with Crippen molar-refractivity contribution in [1.82, 2.24) is 9.38 Å². The molecule has 23 heavy (non-hydrogen) atoms. The second-order valence-corrected chi connectivity index (χ2v) is 5.42. The summed E-state index contributed by atoms with van der Waals surface area (Å²) in [5.74, 6) is -0.0651. The molecule has 118 valence electrons. The second kappa shape index (κ2) is 6.12. The van der Waals surface area contributed by atoms with E-state index in [0.29, 0.717) is 6.42 Å². The molecule has 0 aliphatic heterocycles. The fourth-order valence-electron chi connectivity index (χ4n) is 2.72. The molecular weight excluding hydrogens is 292 g/mol. The number of rotatable bonds is 5. The van der Waals surface area contributed by atoms with E-state index in [2.05, 4.69) is 0 Å². The number of imidazole rings is 1. The topological polar surface area (TPSA) is 63.8 Å². The fraction of sp³-hybridized carbons (Fsp3) is 0.222. The lowest BCUT2D eigenvalue weighted by Crippen LogP contribution is -2.01. The van der Waals surface area contributed by atoms with Crippen LogP contribution in [0.4, 0.5) is 0 Å². The summed E-state index contributed by atoms with van der Waals surface area (Å²) in [4.78, 5) is 15.7. The molecule has 5 nitrogen and oxygen atoms in total. The van der Waals surface area contributed by atoms with E-state index in [4.69, 9.17) is 14.8 Å². The SMILES string of the molecule is COc1cccc(-c2nc3c(C)cccn3c2CCC(=O)O)c1. The number of hydrogen-bond acceptors (Lipinski definition) is 3. The summed E-state index contributed by atoms with van der Waals surface area (Å²) in [5.41, 5.74) is 4.54. The number of methoxy groups -OCH3 is 1. The van der Waals surface area contributed by atoms with Crippen molar-refractivity contribution in [3.05, 3.63) is 53.9 Å². The number of aromatic nitrogens is 2. The maximum Gasteiger partial charge on any atom is 0.303 e. The van der Waals surface area contributed by atoms with Crippen molar-refractivity contribution in [3.63, 3.8) is 0 Å². The van der Waals surface area contributed by atoms with Crippen molar-refractivity contribution in [2.45, 2.75) is 19.8 Å².